The molecule has 0 radical (unpaired) electrons. The lowest BCUT2D eigenvalue weighted by atomic mass is 10.0. The molecule has 0 aliphatic carbocycles. The van der Waals surface area contributed by atoms with Gasteiger partial charge in [-0.2, -0.15) is 0 Å². The molecule has 0 saturated carbocycles. The van der Waals surface area contributed by atoms with Crippen molar-refractivity contribution in [2.45, 2.75) is 25.6 Å². The Morgan fingerprint density at radius 2 is 2.12 bits per heavy atom. The van der Waals surface area contributed by atoms with Gasteiger partial charge >= 0.3 is 0 Å². The van der Waals surface area contributed by atoms with E-state index in [1.54, 1.807) is 23.1 Å². The highest BCUT2D eigenvalue weighted by Crippen LogP contribution is 2.38. The molecular weight excluding hydrogens is 427 g/mol. The van der Waals surface area contributed by atoms with Crippen LogP contribution in [0.3, 0.4) is 0 Å². The quantitative estimate of drug-likeness (QED) is 0.617. The SMILES string of the molecule is COc1cccc(F)c1-c1nccc2c1CN(c1cc(C)cc(N[C@@H]3COC[C@H]3O)n1)C2=O. The number of methoxy groups -OCH3 is 1. The minimum atomic E-state index is -0.627. The van der Waals surface area contributed by atoms with E-state index in [4.69, 9.17) is 9.47 Å². The maximum atomic E-state index is 14.8. The Kier molecular flexibility index (Phi) is 5.43. The number of hydrogen-bond donors (Lipinski definition) is 2. The summed E-state index contributed by atoms with van der Waals surface area (Å²) in [6.45, 7) is 2.74. The summed E-state index contributed by atoms with van der Waals surface area (Å²) in [4.78, 5) is 23.8. The number of hydrogen-bond acceptors (Lipinski definition) is 7. The molecule has 0 spiro atoms. The molecule has 1 saturated heterocycles. The summed E-state index contributed by atoms with van der Waals surface area (Å²) < 4.78 is 25.4. The molecule has 2 aliphatic heterocycles. The van der Waals surface area contributed by atoms with Crippen molar-refractivity contribution in [3.05, 3.63) is 65.1 Å². The van der Waals surface area contributed by atoms with Crippen LogP contribution in [0.5, 0.6) is 5.75 Å². The van der Waals surface area contributed by atoms with Gasteiger partial charge in [-0.15, -0.1) is 0 Å². The van der Waals surface area contributed by atoms with Crippen LogP contribution in [0.1, 0.15) is 21.5 Å². The zero-order valence-electron chi connectivity index (χ0n) is 18.2. The normalized spacial score (nSPS) is 19.6. The molecule has 4 heterocycles. The summed E-state index contributed by atoms with van der Waals surface area (Å²) in [6, 6.07) is 9.59. The number of rotatable bonds is 5. The number of amides is 1. The summed E-state index contributed by atoms with van der Waals surface area (Å²) in [6.07, 6.45) is 0.873. The zero-order chi connectivity index (χ0) is 23.1. The molecule has 2 N–H and O–H groups in total. The Balaban J connectivity index is 1.51. The molecule has 8 nitrogen and oxygen atoms in total. The van der Waals surface area contributed by atoms with E-state index in [-0.39, 0.29) is 30.7 Å². The van der Waals surface area contributed by atoms with Crippen LogP contribution in [0.4, 0.5) is 16.0 Å². The Labute approximate surface area is 190 Å². The van der Waals surface area contributed by atoms with Gasteiger partial charge in [0.2, 0.25) is 0 Å². The first-order chi connectivity index (χ1) is 16.0. The van der Waals surface area contributed by atoms with Crippen LogP contribution >= 0.6 is 0 Å². The minimum Gasteiger partial charge on any atom is -0.496 e. The number of nitrogens with one attached hydrogen (secondary N) is 1. The second kappa shape index (κ2) is 8.42. The van der Waals surface area contributed by atoms with Crippen molar-refractivity contribution in [1.29, 1.82) is 0 Å². The van der Waals surface area contributed by atoms with E-state index < -0.39 is 11.9 Å². The zero-order valence-corrected chi connectivity index (χ0v) is 18.2. The molecule has 2 atom stereocenters. The number of aliphatic hydroxyl groups is 1. The maximum Gasteiger partial charge on any atom is 0.260 e. The van der Waals surface area contributed by atoms with E-state index in [9.17, 15) is 14.3 Å². The number of carbonyl (C=O) groups excluding carboxylic acids is 1. The third kappa shape index (κ3) is 3.79. The highest BCUT2D eigenvalue weighted by atomic mass is 19.1. The van der Waals surface area contributed by atoms with Crippen LogP contribution in [0.15, 0.2) is 42.6 Å². The molecule has 170 valence electrons. The summed E-state index contributed by atoms with van der Waals surface area (Å²) in [5.41, 5.74) is 2.55. The van der Waals surface area contributed by atoms with Crippen molar-refractivity contribution in [2.24, 2.45) is 0 Å². The van der Waals surface area contributed by atoms with Gasteiger partial charge in [0.25, 0.3) is 5.91 Å². The molecule has 0 bridgehead atoms. The van der Waals surface area contributed by atoms with Crippen molar-refractivity contribution in [1.82, 2.24) is 9.97 Å². The number of anilines is 2. The second-order valence-electron chi connectivity index (χ2n) is 8.14. The van der Waals surface area contributed by atoms with E-state index in [1.807, 2.05) is 19.1 Å². The number of ether oxygens (including phenoxy) is 2. The lowest BCUT2D eigenvalue weighted by molar-refractivity contribution is 0.0996. The summed E-state index contributed by atoms with van der Waals surface area (Å²) in [7, 11) is 1.47. The van der Waals surface area contributed by atoms with Crippen LogP contribution in [0.25, 0.3) is 11.3 Å². The Morgan fingerprint density at radius 3 is 2.88 bits per heavy atom. The predicted molar refractivity (Wildman–Crippen MR) is 120 cm³/mol. The molecule has 1 aromatic carbocycles. The maximum absolute atomic E-state index is 14.8. The summed E-state index contributed by atoms with van der Waals surface area (Å²) >= 11 is 0. The van der Waals surface area contributed by atoms with Gasteiger partial charge in [-0.05, 0) is 42.8 Å². The first kappa shape index (κ1) is 21.3. The van der Waals surface area contributed by atoms with Gasteiger partial charge in [-0.25, -0.2) is 9.37 Å². The standard InChI is InChI=1S/C24H23FN4O4/c1-13-8-20(27-17-11-33-12-18(17)30)28-21(9-13)29-10-15-14(24(29)31)6-7-26-23(15)22-16(25)4-3-5-19(22)32-2/h3-9,17-18,30H,10-12H2,1-2H3,(H,27,28)/t17-,18-/m1/s1. The fourth-order valence-electron chi connectivity index (χ4n) is 4.26. The van der Waals surface area contributed by atoms with Crippen LogP contribution in [0, 0.1) is 12.7 Å². The lowest BCUT2D eigenvalue weighted by Gasteiger charge is -2.20. The first-order valence-corrected chi connectivity index (χ1v) is 10.6. The monoisotopic (exact) mass is 450 g/mol. The number of fused-ring (bicyclic) bond motifs is 1. The first-order valence-electron chi connectivity index (χ1n) is 10.6. The van der Waals surface area contributed by atoms with Crippen molar-refractivity contribution >= 4 is 17.5 Å². The highest BCUT2D eigenvalue weighted by Gasteiger charge is 2.34. The number of benzene rings is 1. The molecule has 0 unspecified atom stereocenters. The molecular formula is C24H23FN4O4. The number of halogens is 1. The van der Waals surface area contributed by atoms with Crippen LogP contribution in [0.2, 0.25) is 0 Å². The van der Waals surface area contributed by atoms with E-state index in [1.165, 1.54) is 19.4 Å². The van der Waals surface area contributed by atoms with Crippen molar-refractivity contribution in [3.63, 3.8) is 0 Å². The van der Waals surface area contributed by atoms with Crippen LogP contribution < -0.4 is 15.0 Å². The average molecular weight is 450 g/mol. The van der Waals surface area contributed by atoms with E-state index in [2.05, 4.69) is 15.3 Å². The van der Waals surface area contributed by atoms with Gasteiger partial charge in [0, 0.05) is 17.3 Å². The topological polar surface area (TPSA) is 96.8 Å². The van der Waals surface area contributed by atoms with Gasteiger partial charge in [-0.1, -0.05) is 6.07 Å². The molecule has 2 aromatic heterocycles. The minimum absolute atomic E-state index is 0.194. The van der Waals surface area contributed by atoms with Crippen LogP contribution in [-0.4, -0.2) is 53.5 Å². The Hall–Kier alpha value is -3.56. The largest absolute Gasteiger partial charge is 0.496 e. The molecule has 5 rings (SSSR count). The number of aromatic nitrogens is 2. The van der Waals surface area contributed by atoms with Crippen molar-refractivity contribution in [2.75, 3.05) is 30.5 Å². The molecule has 2 aliphatic rings. The predicted octanol–water partition coefficient (Wildman–Crippen LogP) is 2.93. The van der Waals surface area contributed by atoms with Crippen molar-refractivity contribution < 1.29 is 23.8 Å². The molecule has 3 aromatic rings. The fraction of sp³-hybridized carbons (Fsp3) is 0.292. The fourth-order valence-corrected chi connectivity index (χ4v) is 4.26. The van der Waals surface area contributed by atoms with Gasteiger partial charge in [0.15, 0.2) is 0 Å². The average Bonchev–Trinajstić information content (AvgIpc) is 3.36. The summed E-state index contributed by atoms with van der Waals surface area (Å²) in [5, 5.41) is 13.2. The number of aliphatic hydroxyl groups excluding tert-OH is 1. The van der Waals surface area contributed by atoms with E-state index in [0.717, 1.165) is 5.56 Å². The smallest absolute Gasteiger partial charge is 0.260 e. The summed E-state index contributed by atoms with van der Waals surface area (Å²) in [5.74, 6) is 0.631. The van der Waals surface area contributed by atoms with Crippen molar-refractivity contribution in [3.8, 4) is 17.0 Å². The number of carbonyl (C=O) groups is 1. The number of aryl methyl sites for hydroxylation is 1. The van der Waals surface area contributed by atoms with Crippen LogP contribution in [-0.2, 0) is 11.3 Å². The van der Waals surface area contributed by atoms with Gasteiger partial charge in [0.05, 0.1) is 50.3 Å². The number of nitrogens with zero attached hydrogens (tertiary/aromatic N) is 3. The van der Waals surface area contributed by atoms with Gasteiger partial charge in [-0.3, -0.25) is 14.7 Å². The Bertz CT molecular complexity index is 1240. The third-order valence-electron chi connectivity index (χ3n) is 5.90. The van der Waals surface area contributed by atoms with E-state index >= 15 is 0 Å². The molecule has 1 amide bonds. The Morgan fingerprint density at radius 1 is 1.27 bits per heavy atom. The van der Waals surface area contributed by atoms with Gasteiger partial charge in [0.1, 0.15) is 23.2 Å². The molecule has 9 heteroatoms. The molecule has 33 heavy (non-hydrogen) atoms. The lowest BCUT2D eigenvalue weighted by Crippen LogP contribution is -2.32. The highest BCUT2D eigenvalue weighted by molar-refractivity contribution is 6.10. The van der Waals surface area contributed by atoms with E-state index in [0.29, 0.717) is 40.8 Å². The number of pyridine rings is 2. The molecule has 1 fully saturated rings. The van der Waals surface area contributed by atoms with Gasteiger partial charge < -0.3 is 19.9 Å². The second-order valence-corrected chi connectivity index (χ2v) is 8.14. The third-order valence-corrected chi connectivity index (χ3v) is 5.90.